The summed E-state index contributed by atoms with van der Waals surface area (Å²) in [6.45, 7) is 4.89. The van der Waals surface area contributed by atoms with Crippen molar-refractivity contribution in [1.82, 2.24) is 25.0 Å². The lowest BCUT2D eigenvalue weighted by molar-refractivity contribution is 0.0947. The second-order valence-corrected chi connectivity index (χ2v) is 11.8. The van der Waals surface area contributed by atoms with E-state index in [1.165, 1.54) is 35.6 Å². The van der Waals surface area contributed by atoms with Gasteiger partial charge >= 0.3 is 6.03 Å². The molecular formula is C33H34Cl2N8O4. The van der Waals surface area contributed by atoms with E-state index in [1.807, 2.05) is 30.3 Å². The summed E-state index contributed by atoms with van der Waals surface area (Å²) in [6, 6.07) is 12.7. The van der Waals surface area contributed by atoms with Crippen molar-refractivity contribution in [3.63, 3.8) is 0 Å². The Bertz CT molecular complexity index is 1840. The zero-order valence-electron chi connectivity index (χ0n) is 25.7. The number of primary amides is 1. The van der Waals surface area contributed by atoms with Crippen LogP contribution < -0.4 is 27.2 Å². The molecule has 0 saturated carbocycles. The quantitative estimate of drug-likeness (QED) is 0.178. The second-order valence-electron chi connectivity index (χ2n) is 11.0. The van der Waals surface area contributed by atoms with Gasteiger partial charge in [0.15, 0.2) is 0 Å². The molecule has 1 fully saturated rings. The van der Waals surface area contributed by atoms with Crippen LogP contribution in [-0.4, -0.2) is 63.7 Å². The maximum Gasteiger partial charge on any atom is 0.323 e. The number of piperidine rings is 1. The first kappa shape index (κ1) is 33.6. The highest BCUT2D eigenvalue weighted by atomic mass is 35.5. The molecule has 1 aliphatic heterocycles. The third kappa shape index (κ3) is 7.97. The van der Waals surface area contributed by atoms with Crippen LogP contribution in [-0.2, 0) is 6.54 Å². The van der Waals surface area contributed by atoms with Gasteiger partial charge in [-0.2, -0.15) is 5.10 Å². The van der Waals surface area contributed by atoms with Crippen LogP contribution in [0.15, 0.2) is 65.7 Å². The smallest absolute Gasteiger partial charge is 0.323 e. The van der Waals surface area contributed by atoms with Crippen molar-refractivity contribution in [3.05, 3.63) is 92.5 Å². The van der Waals surface area contributed by atoms with Crippen LogP contribution in [0.25, 0.3) is 22.4 Å². The van der Waals surface area contributed by atoms with Crippen molar-refractivity contribution in [2.75, 3.05) is 36.8 Å². The Morgan fingerprint density at radius 1 is 0.957 bits per heavy atom. The lowest BCUT2D eigenvalue weighted by atomic mass is 9.90. The number of amides is 4. The molecule has 5 N–H and O–H groups in total. The molecule has 0 radical (unpaired) electrons. The van der Waals surface area contributed by atoms with Crippen LogP contribution in [0.4, 0.5) is 16.2 Å². The number of hydrogen-bond donors (Lipinski definition) is 4. The Kier molecular flexibility index (Phi) is 10.9. The van der Waals surface area contributed by atoms with E-state index in [4.69, 9.17) is 28.9 Å². The molecule has 2 aromatic heterocycles. The van der Waals surface area contributed by atoms with Gasteiger partial charge in [0.05, 0.1) is 27.0 Å². The predicted molar refractivity (Wildman–Crippen MR) is 183 cm³/mol. The Balaban J connectivity index is 1.60. The average molecular weight is 678 g/mol. The van der Waals surface area contributed by atoms with Gasteiger partial charge in [-0.05, 0) is 62.2 Å². The molecule has 1 saturated heterocycles. The Labute approximate surface area is 281 Å². The number of benzene rings is 2. The maximum absolute atomic E-state index is 13.9. The number of nitrogens with one attached hydrogen (secondary N) is 3. The van der Waals surface area contributed by atoms with Gasteiger partial charge in [-0.3, -0.25) is 19.4 Å². The van der Waals surface area contributed by atoms with Crippen LogP contribution in [0.2, 0.25) is 10.0 Å². The molecule has 3 heterocycles. The molecule has 5 rings (SSSR count). The first-order chi connectivity index (χ1) is 22.7. The third-order valence-corrected chi connectivity index (χ3v) is 8.36. The molecule has 0 bridgehead atoms. The number of rotatable bonds is 10. The normalized spacial score (nSPS) is 13.2. The van der Waals surface area contributed by atoms with Gasteiger partial charge in [0.1, 0.15) is 5.69 Å². The molecule has 0 atom stereocenters. The van der Waals surface area contributed by atoms with Crippen molar-refractivity contribution in [1.29, 1.82) is 0 Å². The number of urea groups is 1. The van der Waals surface area contributed by atoms with Crippen LogP contribution in [0, 0.1) is 0 Å². The van der Waals surface area contributed by atoms with Crippen molar-refractivity contribution < 1.29 is 14.4 Å². The summed E-state index contributed by atoms with van der Waals surface area (Å²) < 4.78 is 1.17. The van der Waals surface area contributed by atoms with Gasteiger partial charge in [0.25, 0.3) is 11.5 Å². The molecule has 1 aliphatic rings. The topological polar surface area (TPSA) is 164 Å². The van der Waals surface area contributed by atoms with Gasteiger partial charge in [0.2, 0.25) is 5.91 Å². The van der Waals surface area contributed by atoms with E-state index in [0.717, 1.165) is 25.9 Å². The minimum absolute atomic E-state index is 0.104. The second kappa shape index (κ2) is 15.2. The number of carbonyl (C=O) groups is 3. The lowest BCUT2D eigenvalue weighted by Crippen LogP contribution is -2.38. The summed E-state index contributed by atoms with van der Waals surface area (Å²) in [5.74, 6) is -1.15. The fourth-order valence-corrected chi connectivity index (χ4v) is 5.92. The number of nitrogens with zero attached hydrogens (tertiary/aromatic N) is 4. The van der Waals surface area contributed by atoms with Crippen LogP contribution in [0.1, 0.15) is 46.9 Å². The van der Waals surface area contributed by atoms with Crippen LogP contribution >= 0.6 is 23.2 Å². The molecule has 4 amide bonds. The minimum atomic E-state index is -0.792. The van der Waals surface area contributed by atoms with Crippen molar-refractivity contribution in [3.8, 4) is 22.4 Å². The average Bonchev–Trinajstić information content (AvgIpc) is 3.07. The van der Waals surface area contributed by atoms with E-state index in [-0.39, 0.29) is 44.8 Å². The number of aryl methyl sites for hydroxylation is 1. The molecule has 0 spiro atoms. The van der Waals surface area contributed by atoms with Crippen molar-refractivity contribution in [2.24, 2.45) is 5.73 Å². The minimum Gasteiger partial charge on any atom is -0.366 e. The molecule has 4 aromatic rings. The van der Waals surface area contributed by atoms with E-state index in [2.05, 4.69) is 30.9 Å². The number of halogens is 2. The summed E-state index contributed by atoms with van der Waals surface area (Å²) in [6.07, 6.45) is 6.07. The van der Waals surface area contributed by atoms with Gasteiger partial charge in [0, 0.05) is 43.2 Å². The van der Waals surface area contributed by atoms with Gasteiger partial charge in [-0.15, -0.1) is 0 Å². The van der Waals surface area contributed by atoms with Crippen molar-refractivity contribution in [2.45, 2.75) is 32.7 Å². The molecular weight excluding hydrogens is 643 g/mol. The standard InChI is InChI=1S/C33H34Cl2N8O4/c1-2-43-32(46)27(39-33(47)40-29-24(34)18-37-19-25(29)35)17-26(41-43)28-22(20-9-5-3-6-10-20)15-21(30(36)44)16-23(28)31(45)38-11-14-42-12-7-4-8-13-42/h3,5-6,9-10,15-19H,2,4,7-8,11-14H2,1H3,(H2,36,44)(H,38,45)(H2,37,39,40,47). The van der Waals surface area contributed by atoms with E-state index >= 15 is 0 Å². The number of nitrogens with two attached hydrogens (primary N) is 1. The van der Waals surface area contributed by atoms with Crippen LogP contribution in [0.3, 0.4) is 0 Å². The highest BCUT2D eigenvalue weighted by Gasteiger charge is 2.24. The van der Waals surface area contributed by atoms with E-state index < -0.39 is 23.4 Å². The third-order valence-electron chi connectivity index (χ3n) is 7.78. The monoisotopic (exact) mass is 676 g/mol. The number of carbonyl (C=O) groups excluding carboxylic acids is 3. The Morgan fingerprint density at radius 2 is 1.66 bits per heavy atom. The molecule has 12 nitrogen and oxygen atoms in total. The summed E-state index contributed by atoms with van der Waals surface area (Å²) >= 11 is 12.3. The maximum atomic E-state index is 13.9. The summed E-state index contributed by atoms with van der Waals surface area (Å²) in [7, 11) is 0. The number of pyridine rings is 1. The highest BCUT2D eigenvalue weighted by molar-refractivity contribution is 6.39. The van der Waals surface area contributed by atoms with Crippen molar-refractivity contribution >= 4 is 52.4 Å². The van der Waals surface area contributed by atoms with E-state index in [0.29, 0.717) is 29.8 Å². The first-order valence-corrected chi connectivity index (χ1v) is 15.9. The molecule has 0 aliphatic carbocycles. The van der Waals surface area contributed by atoms with E-state index in [1.54, 1.807) is 13.0 Å². The Morgan fingerprint density at radius 3 is 2.32 bits per heavy atom. The largest absolute Gasteiger partial charge is 0.366 e. The summed E-state index contributed by atoms with van der Waals surface area (Å²) in [5.41, 5.74) is 7.13. The summed E-state index contributed by atoms with van der Waals surface area (Å²) in [4.78, 5) is 59.0. The molecule has 0 unspecified atom stereocenters. The number of hydrogen-bond acceptors (Lipinski definition) is 7. The number of aromatic nitrogens is 3. The van der Waals surface area contributed by atoms with Gasteiger partial charge in [-0.25, -0.2) is 9.48 Å². The van der Waals surface area contributed by atoms with Gasteiger partial charge in [-0.1, -0.05) is 60.0 Å². The first-order valence-electron chi connectivity index (χ1n) is 15.2. The number of anilines is 2. The predicted octanol–water partition coefficient (Wildman–Crippen LogP) is 5.26. The molecule has 244 valence electrons. The summed E-state index contributed by atoms with van der Waals surface area (Å²) in [5, 5.41) is 12.9. The zero-order chi connectivity index (χ0) is 33.5. The lowest BCUT2D eigenvalue weighted by Gasteiger charge is -2.26. The van der Waals surface area contributed by atoms with E-state index in [9.17, 15) is 19.2 Å². The fraction of sp³-hybridized carbons (Fsp3) is 0.273. The molecule has 14 heteroatoms. The highest BCUT2D eigenvalue weighted by Crippen LogP contribution is 2.36. The van der Waals surface area contributed by atoms with Gasteiger partial charge < -0.3 is 26.6 Å². The Hall–Kier alpha value is -4.78. The SMILES string of the molecule is CCn1nc(-c2c(C(=O)NCCN3CCCCC3)cc(C(N)=O)cc2-c2ccccc2)cc(NC(=O)Nc2c(Cl)cncc2Cl)c1=O. The van der Waals surface area contributed by atoms with Crippen LogP contribution in [0.5, 0.6) is 0 Å². The molecule has 2 aromatic carbocycles. The fourth-order valence-electron chi connectivity index (χ4n) is 5.46. The zero-order valence-corrected chi connectivity index (χ0v) is 27.2. The number of likely N-dealkylation sites (tertiary alicyclic amines) is 1. The molecule has 47 heavy (non-hydrogen) atoms.